The van der Waals surface area contributed by atoms with Gasteiger partial charge in [-0.05, 0) is 35.4 Å². The highest BCUT2D eigenvalue weighted by Crippen LogP contribution is 2.37. The van der Waals surface area contributed by atoms with Crippen LogP contribution in [0.1, 0.15) is 5.56 Å². The maximum Gasteiger partial charge on any atom is 0.416 e. The van der Waals surface area contributed by atoms with Crippen molar-refractivity contribution in [1.82, 2.24) is 9.97 Å². The summed E-state index contributed by atoms with van der Waals surface area (Å²) in [4.78, 5) is 8.64. The zero-order valence-corrected chi connectivity index (χ0v) is 11.9. The lowest BCUT2D eigenvalue weighted by molar-refractivity contribution is -0.137. The Morgan fingerprint density at radius 2 is 1.76 bits per heavy atom. The molecule has 0 aliphatic carbocycles. The minimum absolute atomic E-state index is 0.0387. The van der Waals surface area contributed by atoms with Gasteiger partial charge in [-0.3, -0.25) is 0 Å². The molecule has 2 N–H and O–H groups in total. The van der Waals surface area contributed by atoms with E-state index in [-0.39, 0.29) is 11.1 Å². The normalized spacial score (nSPS) is 12.0. The summed E-state index contributed by atoms with van der Waals surface area (Å²) in [5.41, 5.74) is 6.30. The lowest BCUT2D eigenvalue weighted by Gasteiger charge is -2.06. The number of nitrogens with zero attached hydrogens (tertiary/aromatic N) is 2. The van der Waals surface area contributed by atoms with Crippen molar-refractivity contribution < 1.29 is 13.2 Å². The number of fused-ring (bicyclic) bond motifs is 1. The standard InChI is InChI=1S/C13H7ClF3N3S/c14-12-19-8-5-9(21-10(8)11(18)20-12)6-1-3-7(4-2-6)13(15,16)17/h1-5H,(H2,18,19,20). The molecule has 108 valence electrons. The number of benzene rings is 1. The highest BCUT2D eigenvalue weighted by molar-refractivity contribution is 7.22. The molecule has 0 aliphatic rings. The molecule has 3 nitrogen and oxygen atoms in total. The molecular weight excluding hydrogens is 323 g/mol. The Morgan fingerprint density at radius 1 is 1.10 bits per heavy atom. The number of hydrogen-bond donors (Lipinski definition) is 1. The van der Waals surface area contributed by atoms with Gasteiger partial charge in [-0.15, -0.1) is 11.3 Å². The van der Waals surface area contributed by atoms with Gasteiger partial charge in [0.2, 0.25) is 5.28 Å². The van der Waals surface area contributed by atoms with E-state index in [0.717, 1.165) is 17.0 Å². The van der Waals surface area contributed by atoms with Gasteiger partial charge in [-0.25, -0.2) is 4.98 Å². The molecule has 2 aromatic heterocycles. The van der Waals surface area contributed by atoms with Crippen LogP contribution in [0.25, 0.3) is 20.7 Å². The predicted octanol–water partition coefficient (Wildman–Crippen LogP) is 4.61. The molecule has 0 aliphatic heterocycles. The Labute approximate surface area is 126 Å². The van der Waals surface area contributed by atoms with E-state index in [0.29, 0.717) is 15.8 Å². The van der Waals surface area contributed by atoms with E-state index in [9.17, 15) is 13.2 Å². The van der Waals surface area contributed by atoms with Gasteiger partial charge in [0.25, 0.3) is 0 Å². The second kappa shape index (κ2) is 4.85. The summed E-state index contributed by atoms with van der Waals surface area (Å²) < 4.78 is 38.3. The topological polar surface area (TPSA) is 51.8 Å². The number of aromatic nitrogens is 2. The van der Waals surface area contributed by atoms with Crippen molar-refractivity contribution in [2.24, 2.45) is 0 Å². The molecule has 0 bridgehead atoms. The molecule has 0 spiro atoms. The smallest absolute Gasteiger partial charge is 0.382 e. The van der Waals surface area contributed by atoms with Crippen LogP contribution in [0.3, 0.4) is 0 Å². The van der Waals surface area contributed by atoms with Crippen molar-refractivity contribution in [3.63, 3.8) is 0 Å². The number of alkyl halides is 3. The third-order valence-corrected chi connectivity index (χ3v) is 4.23. The molecule has 3 aromatic rings. The van der Waals surface area contributed by atoms with Gasteiger partial charge < -0.3 is 5.73 Å². The first-order valence-electron chi connectivity index (χ1n) is 5.75. The van der Waals surface area contributed by atoms with Crippen molar-refractivity contribution in [3.05, 3.63) is 41.2 Å². The van der Waals surface area contributed by atoms with Crippen molar-refractivity contribution >= 4 is 39.0 Å². The van der Waals surface area contributed by atoms with Crippen LogP contribution in [0.2, 0.25) is 5.28 Å². The van der Waals surface area contributed by atoms with Gasteiger partial charge in [0.15, 0.2) is 0 Å². The molecule has 8 heteroatoms. The quantitative estimate of drug-likeness (QED) is 0.663. The van der Waals surface area contributed by atoms with Crippen LogP contribution in [-0.2, 0) is 6.18 Å². The molecule has 0 saturated heterocycles. The molecule has 1 aromatic carbocycles. The van der Waals surface area contributed by atoms with E-state index in [1.54, 1.807) is 6.07 Å². The number of hydrogen-bond acceptors (Lipinski definition) is 4. The van der Waals surface area contributed by atoms with Crippen LogP contribution in [0, 0.1) is 0 Å². The first-order chi connectivity index (χ1) is 9.84. The molecule has 2 heterocycles. The highest BCUT2D eigenvalue weighted by Gasteiger charge is 2.30. The van der Waals surface area contributed by atoms with Crippen LogP contribution >= 0.6 is 22.9 Å². The predicted molar refractivity (Wildman–Crippen MR) is 77.3 cm³/mol. The largest absolute Gasteiger partial charge is 0.416 e. The molecule has 0 atom stereocenters. The third kappa shape index (κ3) is 2.66. The van der Waals surface area contributed by atoms with Crippen molar-refractivity contribution in [2.75, 3.05) is 5.73 Å². The van der Waals surface area contributed by atoms with Gasteiger partial charge in [0, 0.05) is 4.88 Å². The number of nitrogens with two attached hydrogens (primary N) is 1. The van der Waals surface area contributed by atoms with Crippen LogP contribution in [0.15, 0.2) is 30.3 Å². The monoisotopic (exact) mass is 329 g/mol. The van der Waals surface area contributed by atoms with Gasteiger partial charge in [-0.1, -0.05) is 12.1 Å². The summed E-state index contributed by atoms with van der Waals surface area (Å²) in [7, 11) is 0. The number of halogens is 4. The number of nitrogen functional groups attached to an aromatic ring is 1. The van der Waals surface area contributed by atoms with Gasteiger partial charge >= 0.3 is 6.18 Å². The fraction of sp³-hybridized carbons (Fsp3) is 0.0769. The number of anilines is 1. The summed E-state index contributed by atoms with van der Waals surface area (Å²) in [5.74, 6) is 0.258. The Morgan fingerprint density at radius 3 is 2.38 bits per heavy atom. The summed E-state index contributed by atoms with van der Waals surface area (Å²) >= 11 is 7.04. The summed E-state index contributed by atoms with van der Waals surface area (Å²) in [5, 5.41) is 0.0387. The Hall–Kier alpha value is -1.86. The van der Waals surface area contributed by atoms with Crippen molar-refractivity contribution in [1.29, 1.82) is 0 Å². The highest BCUT2D eigenvalue weighted by atomic mass is 35.5. The second-order valence-electron chi connectivity index (χ2n) is 4.28. The Bertz CT molecular complexity index is 812. The third-order valence-electron chi connectivity index (χ3n) is 2.87. The number of thiophene rings is 1. The van der Waals surface area contributed by atoms with E-state index in [2.05, 4.69) is 9.97 Å². The molecule has 0 amide bonds. The molecular formula is C13H7ClF3N3S. The zero-order valence-electron chi connectivity index (χ0n) is 10.3. The van der Waals surface area contributed by atoms with Crippen LogP contribution < -0.4 is 5.73 Å². The second-order valence-corrected chi connectivity index (χ2v) is 5.67. The minimum Gasteiger partial charge on any atom is -0.382 e. The minimum atomic E-state index is -4.35. The van der Waals surface area contributed by atoms with E-state index in [1.165, 1.54) is 23.5 Å². The van der Waals surface area contributed by atoms with Gasteiger partial charge in [0.05, 0.1) is 15.8 Å². The molecule has 0 saturated carbocycles. The average molecular weight is 330 g/mol. The van der Waals surface area contributed by atoms with E-state index in [4.69, 9.17) is 17.3 Å². The Balaban J connectivity index is 2.06. The fourth-order valence-electron chi connectivity index (χ4n) is 1.89. The van der Waals surface area contributed by atoms with Crippen LogP contribution in [0.4, 0.5) is 19.0 Å². The van der Waals surface area contributed by atoms with E-state index < -0.39 is 11.7 Å². The summed E-state index contributed by atoms with van der Waals surface area (Å²) in [6.07, 6.45) is -4.35. The van der Waals surface area contributed by atoms with Gasteiger partial charge in [-0.2, -0.15) is 18.2 Å². The lowest BCUT2D eigenvalue weighted by Crippen LogP contribution is -2.03. The summed E-state index contributed by atoms with van der Waals surface area (Å²) in [6.45, 7) is 0. The van der Waals surface area contributed by atoms with Crippen LogP contribution in [0.5, 0.6) is 0 Å². The summed E-state index contributed by atoms with van der Waals surface area (Å²) in [6, 6.07) is 6.65. The zero-order chi connectivity index (χ0) is 15.2. The molecule has 3 rings (SSSR count). The van der Waals surface area contributed by atoms with Gasteiger partial charge in [0.1, 0.15) is 5.82 Å². The maximum absolute atomic E-state index is 12.5. The first-order valence-corrected chi connectivity index (χ1v) is 6.94. The maximum atomic E-state index is 12.5. The molecule has 0 fully saturated rings. The molecule has 0 unspecified atom stereocenters. The van der Waals surface area contributed by atoms with Crippen LogP contribution in [-0.4, -0.2) is 9.97 Å². The number of rotatable bonds is 1. The SMILES string of the molecule is Nc1nc(Cl)nc2cc(-c3ccc(C(F)(F)F)cc3)sc12. The van der Waals surface area contributed by atoms with Crippen molar-refractivity contribution in [2.45, 2.75) is 6.18 Å². The molecule has 0 radical (unpaired) electrons. The molecule has 21 heavy (non-hydrogen) atoms. The van der Waals surface area contributed by atoms with E-state index in [1.807, 2.05) is 0 Å². The van der Waals surface area contributed by atoms with E-state index >= 15 is 0 Å². The Kier molecular flexibility index (Phi) is 3.26. The first kappa shape index (κ1) is 14.1. The van der Waals surface area contributed by atoms with Crippen molar-refractivity contribution in [3.8, 4) is 10.4 Å². The lowest BCUT2D eigenvalue weighted by atomic mass is 10.1. The fourth-order valence-corrected chi connectivity index (χ4v) is 3.07. The average Bonchev–Trinajstić information content (AvgIpc) is 2.82.